The van der Waals surface area contributed by atoms with Gasteiger partial charge in [0.25, 0.3) is 0 Å². The van der Waals surface area contributed by atoms with Crippen LogP contribution in [0.5, 0.6) is 0 Å². The molecule has 0 aliphatic rings. The van der Waals surface area contributed by atoms with Crippen LogP contribution < -0.4 is 0 Å². The first-order chi connectivity index (χ1) is 16.7. The lowest BCUT2D eigenvalue weighted by atomic mass is 10.1. The molecule has 0 rings (SSSR count). The van der Waals surface area contributed by atoms with Crippen molar-refractivity contribution in [1.29, 1.82) is 0 Å². The molecule has 0 aromatic rings. The van der Waals surface area contributed by atoms with Crippen molar-refractivity contribution >= 4 is 7.82 Å². The largest absolute Gasteiger partial charge is 0.472 e. The number of ether oxygens (including phenoxy) is 2. The Morgan fingerprint density at radius 3 is 1.86 bits per heavy atom. The van der Waals surface area contributed by atoms with Gasteiger partial charge in [0.1, 0.15) is 19.3 Å². The molecule has 0 amide bonds. The van der Waals surface area contributed by atoms with Crippen molar-refractivity contribution in [3.8, 4) is 0 Å². The van der Waals surface area contributed by atoms with Crippen LogP contribution >= 0.6 is 7.82 Å². The van der Waals surface area contributed by atoms with Crippen molar-refractivity contribution in [3.05, 3.63) is 12.2 Å². The predicted octanol–water partition coefficient (Wildman–Crippen LogP) is 6.90. The average Bonchev–Trinajstić information content (AvgIpc) is 2.79. The Bertz CT molecular complexity index is 538. The summed E-state index contributed by atoms with van der Waals surface area (Å²) in [6, 6.07) is 0. The topological polar surface area (TPSA) is 74.2 Å². The molecule has 0 aliphatic heterocycles. The zero-order valence-electron chi connectivity index (χ0n) is 23.5. The van der Waals surface area contributed by atoms with Crippen LogP contribution in [0.1, 0.15) is 96.8 Å². The lowest BCUT2D eigenvalue weighted by molar-refractivity contribution is -0.870. The molecule has 1 unspecified atom stereocenters. The van der Waals surface area contributed by atoms with Crippen LogP contribution in [0.3, 0.4) is 0 Å². The highest BCUT2D eigenvalue weighted by Gasteiger charge is 2.24. The molecule has 0 saturated carbocycles. The van der Waals surface area contributed by atoms with Crippen LogP contribution in [0, 0.1) is 0 Å². The summed E-state index contributed by atoms with van der Waals surface area (Å²) in [5, 5.41) is 0. The van der Waals surface area contributed by atoms with Gasteiger partial charge in [0.15, 0.2) is 0 Å². The van der Waals surface area contributed by atoms with Gasteiger partial charge in [-0.3, -0.25) is 9.05 Å². The second kappa shape index (κ2) is 22.9. The van der Waals surface area contributed by atoms with Crippen molar-refractivity contribution in [2.24, 2.45) is 0 Å². The summed E-state index contributed by atoms with van der Waals surface area (Å²) < 4.78 is 33.7. The SMILES string of the molecule is CCCCCC=CCCCCCCCCCCCOC[C@H](COP(=O)(O)OCC[N+](C)(C)C)OC. The highest BCUT2D eigenvalue weighted by molar-refractivity contribution is 7.47. The Balaban J connectivity index is 3.53. The van der Waals surface area contributed by atoms with E-state index in [2.05, 4.69) is 19.1 Å². The summed E-state index contributed by atoms with van der Waals surface area (Å²) in [7, 11) is 3.44. The van der Waals surface area contributed by atoms with Gasteiger partial charge in [0.05, 0.1) is 34.4 Å². The van der Waals surface area contributed by atoms with Crippen LogP contribution in [0.4, 0.5) is 0 Å². The van der Waals surface area contributed by atoms with Crippen molar-refractivity contribution < 1.29 is 32.5 Å². The Labute approximate surface area is 216 Å². The van der Waals surface area contributed by atoms with Crippen LogP contribution in [-0.2, 0) is 23.1 Å². The van der Waals surface area contributed by atoms with Gasteiger partial charge in [0.2, 0.25) is 0 Å². The van der Waals surface area contributed by atoms with Gasteiger partial charge >= 0.3 is 7.82 Å². The van der Waals surface area contributed by atoms with E-state index in [0.29, 0.717) is 24.2 Å². The van der Waals surface area contributed by atoms with Gasteiger partial charge in [-0.05, 0) is 32.1 Å². The van der Waals surface area contributed by atoms with E-state index in [4.69, 9.17) is 18.5 Å². The van der Waals surface area contributed by atoms with E-state index in [-0.39, 0.29) is 13.2 Å². The fourth-order valence-corrected chi connectivity index (χ4v) is 4.24. The van der Waals surface area contributed by atoms with Gasteiger partial charge < -0.3 is 18.9 Å². The molecular formula is C27H57NO6P+. The van der Waals surface area contributed by atoms with E-state index in [9.17, 15) is 9.46 Å². The molecule has 0 aliphatic carbocycles. The van der Waals surface area contributed by atoms with E-state index in [1.54, 1.807) is 7.11 Å². The van der Waals surface area contributed by atoms with Crippen LogP contribution in [-0.4, -0.2) is 76.7 Å². The number of hydrogen-bond donors (Lipinski definition) is 1. The molecule has 0 saturated heterocycles. The van der Waals surface area contributed by atoms with Gasteiger partial charge in [-0.25, -0.2) is 4.57 Å². The molecule has 7 nitrogen and oxygen atoms in total. The minimum absolute atomic E-state index is 0.0378. The summed E-state index contributed by atoms with van der Waals surface area (Å²) in [5.74, 6) is 0. The monoisotopic (exact) mass is 522 g/mol. The first-order valence-corrected chi connectivity index (χ1v) is 15.4. The summed E-state index contributed by atoms with van der Waals surface area (Å²) in [5.41, 5.74) is 0. The molecule has 0 bridgehead atoms. The molecular weight excluding hydrogens is 465 g/mol. The molecule has 0 spiro atoms. The fraction of sp³-hybridized carbons (Fsp3) is 0.926. The molecule has 0 aromatic carbocycles. The second-order valence-electron chi connectivity index (χ2n) is 10.5. The van der Waals surface area contributed by atoms with E-state index < -0.39 is 13.9 Å². The maximum atomic E-state index is 12.0. The number of likely N-dealkylation sites (N-methyl/N-ethyl adjacent to an activating group) is 1. The standard InChI is InChI=1S/C27H56NO6P/c1-6-7-8-9-10-11-12-13-14-15-16-17-18-19-20-21-23-32-25-27(31-5)26-34-35(29,30)33-24-22-28(2,3)4/h10-11,27H,6-9,12-26H2,1-5H3/p+1/t27-/m1/s1. The number of phosphoric acid groups is 1. The molecule has 1 N–H and O–H groups in total. The van der Waals surface area contributed by atoms with Crippen molar-refractivity contribution in [3.63, 3.8) is 0 Å². The van der Waals surface area contributed by atoms with Crippen LogP contribution in [0.15, 0.2) is 12.2 Å². The Hall–Kier alpha value is -0.270. The minimum atomic E-state index is -4.07. The van der Waals surface area contributed by atoms with E-state index in [0.717, 1.165) is 6.42 Å². The zero-order chi connectivity index (χ0) is 26.3. The van der Waals surface area contributed by atoms with E-state index >= 15 is 0 Å². The molecule has 2 atom stereocenters. The minimum Gasteiger partial charge on any atom is -0.379 e. The summed E-state index contributed by atoms with van der Waals surface area (Å²) in [4.78, 5) is 9.79. The zero-order valence-corrected chi connectivity index (χ0v) is 24.4. The number of quaternary nitrogens is 1. The third-order valence-electron chi connectivity index (χ3n) is 5.88. The molecule has 0 radical (unpaired) electrons. The Morgan fingerprint density at radius 2 is 1.31 bits per heavy atom. The fourth-order valence-electron chi connectivity index (χ4n) is 3.50. The summed E-state index contributed by atoms with van der Waals surface area (Å²) >= 11 is 0. The number of phosphoric ester groups is 1. The Morgan fingerprint density at radius 1 is 0.771 bits per heavy atom. The average molecular weight is 523 g/mol. The summed E-state index contributed by atoms with van der Waals surface area (Å²) in [6.45, 7) is 3.99. The van der Waals surface area contributed by atoms with Crippen molar-refractivity contribution in [2.45, 2.75) is 103 Å². The van der Waals surface area contributed by atoms with Gasteiger partial charge in [0, 0.05) is 13.7 Å². The third-order valence-corrected chi connectivity index (χ3v) is 6.86. The van der Waals surface area contributed by atoms with E-state index in [1.165, 1.54) is 83.5 Å². The molecule has 35 heavy (non-hydrogen) atoms. The smallest absolute Gasteiger partial charge is 0.379 e. The molecule has 8 heteroatoms. The second-order valence-corrected chi connectivity index (χ2v) is 11.9. The number of methoxy groups -OCH3 is 1. The maximum Gasteiger partial charge on any atom is 0.472 e. The number of hydrogen-bond acceptors (Lipinski definition) is 5. The normalized spacial score (nSPS) is 15.0. The van der Waals surface area contributed by atoms with Gasteiger partial charge in [-0.2, -0.15) is 0 Å². The predicted molar refractivity (Wildman–Crippen MR) is 146 cm³/mol. The molecule has 0 heterocycles. The molecule has 210 valence electrons. The maximum absolute atomic E-state index is 12.0. The Kier molecular flexibility index (Phi) is 22.7. The molecule has 0 aromatic heterocycles. The highest BCUT2D eigenvalue weighted by atomic mass is 31.2. The van der Waals surface area contributed by atoms with E-state index in [1.807, 2.05) is 21.1 Å². The number of allylic oxidation sites excluding steroid dienone is 2. The number of rotatable bonds is 26. The highest BCUT2D eigenvalue weighted by Crippen LogP contribution is 2.43. The number of nitrogens with zero attached hydrogens (tertiary/aromatic N) is 1. The first-order valence-electron chi connectivity index (χ1n) is 13.9. The quantitative estimate of drug-likeness (QED) is 0.0577. The van der Waals surface area contributed by atoms with Crippen LogP contribution in [0.2, 0.25) is 0 Å². The van der Waals surface area contributed by atoms with Gasteiger partial charge in [-0.1, -0.05) is 76.9 Å². The third kappa shape index (κ3) is 26.6. The van der Waals surface area contributed by atoms with Crippen molar-refractivity contribution in [2.75, 3.05) is 61.2 Å². The van der Waals surface area contributed by atoms with Gasteiger partial charge in [-0.15, -0.1) is 0 Å². The summed E-state index contributed by atoms with van der Waals surface area (Å²) in [6.07, 6.45) is 22.3. The van der Waals surface area contributed by atoms with Crippen molar-refractivity contribution in [1.82, 2.24) is 0 Å². The lowest BCUT2D eigenvalue weighted by Gasteiger charge is -2.24. The number of unbranched alkanes of at least 4 members (excludes halogenated alkanes) is 12. The molecule has 0 fully saturated rings. The van der Waals surface area contributed by atoms with Crippen LogP contribution in [0.25, 0.3) is 0 Å². The lowest BCUT2D eigenvalue weighted by Crippen LogP contribution is -2.37. The first kappa shape index (κ1) is 34.7.